The molecule has 0 fully saturated rings. The SMILES string of the molecule is O=[N+]([O-])c1cccc(C2=CCC=C(CF)N2)c1. The van der Waals surface area contributed by atoms with Gasteiger partial charge in [-0.05, 0) is 6.42 Å². The van der Waals surface area contributed by atoms with E-state index in [4.69, 9.17) is 0 Å². The Morgan fingerprint density at radius 3 is 2.94 bits per heavy atom. The van der Waals surface area contributed by atoms with Crippen LogP contribution < -0.4 is 5.32 Å². The minimum Gasteiger partial charge on any atom is -0.357 e. The zero-order chi connectivity index (χ0) is 12.3. The summed E-state index contributed by atoms with van der Waals surface area (Å²) in [6, 6.07) is 6.27. The third kappa shape index (κ3) is 2.50. The highest BCUT2D eigenvalue weighted by atomic mass is 19.1. The summed E-state index contributed by atoms with van der Waals surface area (Å²) in [4.78, 5) is 10.2. The first kappa shape index (κ1) is 11.3. The maximum Gasteiger partial charge on any atom is 0.270 e. The van der Waals surface area contributed by atoms with E-state index in [1.807, 2.05) is 6.08 Å². The van der Waals surface area contributed by atoms with Crippen LogP contribution in [0.5, 0.6) is 0 Å². The van der Waals surface area contributed by atoms with Crippen LogP contribution in [0, 0.1) is 10.1 Å². The van der Waals surface area contributed by atoms with E-state index in [-0.39, 0.29) is 5.69 Å². The van der Waals surface area contributed by atoms with Crippen molar-refractivity contribution in [1.29, 1.82) is 0 Å². The van der Waals surface area contributed by atoms with Gasteiger partial charge in [0.1, 0.15) is 6.67 Å². The summed E-state index contributed by atoms with van der Waals surface area (Å²) in [7, 11) is 0. The van der Waals surface area contributed by atoms with E-state index in [1.54, 1.807) is 18.2 Å². The highest BCUT2D eigenvalue weighted by Gasteiger charge is 2.11. The molecule has 2 rings (SSSR count). The number of benzene rings is 1. The summed E-state index contributed by atoms with van der Waals surface area (Å²) in [5.41, 5.74) is 1.93. The van der Waals surface area contributed by atoms with E-state index in [9.17, 15) is 14.5 Å². The van der Waals surface area contributed by atoms with Gasteiger partial charge in [-0.2, -0.15) is 0 Å². The van der Waals surface area contributed by atoms with Gasteiger partial charge in [-0.25, -0.2) is 4.39 Å². The minimum atomic E-state index is -0.563. The van der Waals surface area contributed by atoms with Crippen molar-refractivity contribution in [1.82, 2.24) is 5.32 Å². The Balaban J connectivity index is 2.26. The molecule has 0 radical (unpaired) electrons. The monoisotopic (exact) mass is 234 g/mol. The van der Waals surface area contributed by atoms with Crippen LogP contribution in [0.25, 0.3) is 5.70 Å². The van der Waals surface area contributed by atoms with Gasteiger partial charge in [0.2, 0.25) is 0 Å². The molecular weight excluding hydrogens is 223 g/mol. The molecule has 17 heavy (non-hydrogen) atoms. The van der Waals surface area contributed by atoms with E-state index in [0.717, 1.165) is 0 Å². The Hall–Kier alpha value is -2.17. The van der Waals surface area contributed by atoms with Crippen molar-refractivity contribution in [3.8, 4) is 0 Å². The molecule has 1 heterocycles. The van der Waals surface area contributed by atoms with Crippen LogP contribution in [0.15, 0.2) is 42.1 Å². The molecule has 88 valence electrons. The lowest BCUT2D eigenvalue weighted by Gasteiger charge is -2.16. The number of rotatable bonds is 3. The Morgan fingerprint density at radius 1 is 1.41 bits per heavy atom. The zero-order valence-electron chi connectivity index (χ0n) is 9.02. The maximum absolute atomic E-state index is 12.5. The first-order valence-electron chi connectivity index (χ1n) is 5.17. The average Bonchev–Trinajstić information content (AvgIpc) is 2.39. The lowest BCUT2D eigenvalue weighted by atomic mass is 10.1. The van der Waals surface area contributed by atoms with Crippen molar-refractivity contribution in [2.24, 2.45) is 0 Å². The van der Waals surface area contributed by atoms with Crippen LogP contribution in [0.4, 0.5) is 10.1 Å². The fourth-order valence-electron chi connectivity index (χ4n) is 1.66. The van der Waals surface area contributed by atoms with Gasteiger partial charge < -0.3 is 5.32 Å². The molecular formula is C12H11FN2O2. The molecule has 0 saturated heterocycles. The van der Waals surface area contributed by atoms with Crippen molar-refractivity contribution in [2.75, 3.05) is 6.67 Å². The number of dihydropyridines is 1. The largest absolute Gasteiger partial charge is 0.357 e. The first-order valence-corrected chi connectivity index (χ1v) is 5.17. The molecule has 1 N–H and O–H groups in total. The quantitative estimate of drug-likeness (QED) is 0.646. The summed E-state index contributed by atoms with van der Waals surface area (Å²) in [6.45, 7) is -0.563. The van der Waals surface area contributed by atoms with E-state index >= 15 is 0 Å². The molecule has 0 aromatic heterocycles. The summed E-state index contributed by atoms with van der Waals surface area (Å²) < 4.78 is 12.5. The molecule has 0 saturated carbocycles. The number of allylic oxidation sites excluding steroid dienone is 3. The molecule has 1 aliphatic rings. The second kappa shape index (κ2) is 4.78. The number of hydrogen-bond donors (Lipinski definition) is 1. The van der Waals surface area contributed by atoms with E-state index < -0.39 is 11.6 Å². The second-order valence-electron chi connectivity index (χ2n) is 3.65. The molecule has 1 aromatic rings. The Kier molecular flexibility index (Phi) is 3.18. The Labute approximate surface area is 97.6 Å². The number of hydrogen-bond acceptors (Lipinski definition) is 3. The third-order valence-electron chi connectivity index (χ3n) is 2.49. The number of nitrogens with one attached hydrogen (secondary N) is 1. The highest BCUT2D eigenvalue weighted by Crippen LogP contribution is 2.22. The van der Waals surface area contributed by atoms with E-state index in [1.165, 1.54) is 12.1 Å². The Bertz CT molecular complexity index is 509. The van der Waals surface area contributed by atoms with Gasteiger partial charge in [-0.3, -0.25) is 10.1 Å². The predicted octanol–water partition coefficient (Wildman–Crippen LogP) is 2.78. The number of nitro groups is 1. The normalized spacial score (nSPS) is 14.6. The molecule has 0 amide bonds. The fourth-order valence-corrected chi connectivity index (χ4v) is 1.66. The number of alkyl halides is 1. The van der Waals surface area contributed by atoms with Crippen LogP contribution >= 0.6 is 0 Å². The molecule has 0 spiro atoms. The van der Waals surface area contributed by atoms with Crippen molar-refractivity contribution in [3.63, 3.8) is 0 Å². The van der Waals surface area contributed by atoms with Crippen LogP contribution in [0.3, 0.4) is 0 Å². The highest BCUT2D eigenvalue weighted by molar-refractivity contribution is 5.68. The van der Waals surface area contributed by atoms with Crippen molar-refractivity contribution in [2.45, 2.75) is 6.42 Å². The molecule has 1 aliphatic heterocycles. The van der Waals surface area contributed by atoms with E-state index in [2.05, 4.69) is 5.32 Å². The summed E-state index contributed by atoms with van der Waals surface area (Å²) in [6.07, 6.45) is 4.25. The number of non-ortho nitro benzene ring substituents is 1. The van der Waals surface area contributed by atoms with Gasteiger partial charge in [-0.1, -0.05) is 24.3 Å². The molecule has 0 bridgehead atoms. The number of nitrogens with zero attached hydrogens (tertiary/aromatic N) is 1. The Morgan fingerprint density at radius 2 is 2.24 bits per heavy atom. The molecule has 0 aliphatic carbocycles. The lowest BCUT2D eigenvalue weighted by molar-refractivity contribution is -0.384. The summed E-state index contributed by atoms with van der Waals surface area (Å²) in [5, 5.41) is 13.6. The lowest BCUT2D eigenvalue weighted by Crippen LogP contribution is -2.16. The van der Waals surface area contributed by atoms with Gasteiger partial charge in [0.25, 0.3) is 5.69 Å². The average molecular weight is 234 g/mol. The van der Waals surface area contributed by atoms with Crippen LogP contribution in [-0.2, 0) is 0 Å². The van der Waals surface area contributed by atoms with Crippen molar-refractivity contribution < 1.29 is 9.31 Å². The third-order valence-corrected chi connectivity index (χ3v) is 2.49. The molecule has 4 nitrogen and oxygen atoms in total. The minimum absolute atomic E-state index is 0.0292. The van der Waals surface area contributed by atoms with Gasteiger partial charge in [0.15, 0.2) is 0 Å². The molecule has 1 aromatic carbocycles. The van der Waals surface area contributed by atoms with Crippen LogP contribution in [0.2, 0.25) is 0 Å². The zero-order valence-corrected chi connectivity index (χ0v) is 9.02. The summed E-state index contributed by atoms with van der Waals surface area (Å²) in [5.74, 6) is 0. The molecule has 0 unspecified atom stereocenters. The fraction of sp³-hybridized carbons (Fsp3) is 0.167. The first-order chi connectivity index (χ1) is 8.20. The van der Waals surface area contributed by atoms with Crippen molar-refractivity contribution in [3.05, 3.63) is 57.8 Å². The van der Waals surface area contributed by atoms with Gasteiger partial charge >= 0.3 is 0 Å². The van der Waals surface area contributed by atoms with Gasteiger partial charge in [0, 0.05) is 29.1 Å². The number of nitro benzene ring substituents is 1. The standard InChI is InChI=1S/C12H11FN2O2/c13-8-10-4-2-6-12(14-10)9-3-1-5-11(7-9)15(16)17/h1,3-7,14H,2,8H2. The number of halogens is 1. The summed E-state index contributed by atoms with van der Waals surface area (Å²) >= 11 is 0. The molecule has 5 heteroatoms. The van der Waals surface area contributed by atoms with Gasteiger partial charge in [-0.15, -0.1) is 0 Å². The predicted molar refractivity (Wildman–Crippen MR) is 62.9 cm³/mol. The maximum atomic E-state index is 12.5. The van der Waals surface area contributed by atoms with Crippen LogP contribution in [-0.4, -0.2) is 11.6 Å². The van der Waals surface area contributed by atoms with E-state index in [0.29, 0.717) is 23.4 Å². The second-order valence-corrected chi connectivity index (χ2v) is 3.65. The van der Waals surface area contributed by atoms with Gasteiger partial charge in [0.05, 0.1) is 4.92 Å². The van der Waals surface area contributed by atoms with Crippen LogP contribution in [0.1, 0.15) is 12.0 Å². The smallest absolute Gasteiger partial charge is 0.270 e. The van der Waals surface area contributed by atoms with Crippen molar-refractivity contribution >= 4 is 11.4 Å². The molecule has 0 atom stereocenters. The topological polar surface area (TPSA) is 55.2 Å².